The molecule has 2 unspecified atom stereocenters. The number of nitrogens with one attached hydrogen (secondary N) is 1. The highest BCUT2D eigenvalue weighted by molar-refractivity contribution is 5.10. The zero-order chi connectivity index (χ0) is 12.8. The number of likely N-dealkylation sites (N-methyl/N-ethyl adjacent to an activating group) is 1. The molecule has 0 aliphatic carbocycles. The maximum Gasteiger partial charge on any atom is 0.141 e. The van der Waals surface area contributed by atoms with Crippen LogP contribution in [0.2, 0.25) is 0 Å². The maximum atomic E-state index is 12.8. The lowest BCUT2D eigenvalue weighted by atomic mass is 10.1. The molecule has 1 aromatic rings. The van der Waals surface area contributed by atoms with E-state index in [9.17, 15) is 4.39 Å². The van der Waals surface area contributed by atoms with Crippen molar-refractivity contribution in [3.05, 3.63) is 29.8 Å². The van der Waals surface area contributed by atoms with Crippen LogP contribution in [0, 0.1) is 5.82 Å². The van der Waals surface area contributed by atoms with E-state index in [2.05, 4.69) is 43.1 Å². The van der Waals surface area contributed by atoms with Crippen molar-refractivity contribution in [2.45, 2.75) is 32.4 Å². The molecule has 1 heterocycles. The van der Waals surface area contributed by atoms with Crippen molar-refractivity contribution in [2.24, 2.45) is 0 Å². The van der Waals surface area contributed by atoms with E-state index in [1.807, 2.05) is 0 Å². The third-order valence-electron chi connectivity index (χ3n) is 2.64. The fourth-order valence-electron chi connectivity index (χ4n) is 1.95. The van der Waals surface area contributed by atoms with Gasteiger partial charge in [0.25, 0.3) is 0 Å². The van der Waals surface area contributed by atoms with Crippen LogP contribution >= 0.6 is 0 Å². The monoisotopic (exact) mass is 239 g/mol. The Balaban J connectivity index is 2.62. The van der Waals surface area contributed by atoms with Gasteiger partial charge < -0.3 is 10.2 Å². The van der Waals surface area contributed by atoms with Gasteiger partial charge in [-0.15, -0.1) is 0 Å². The summed E-state index contributed by atoms with van der Waals surface area (Å²) in [6.45, 7) is 5.22. The number of hydrogen-bond donors (Lipinski definition) is 1. The average Bonchev–Trinajstić information content (AvgIpc) is 2.26. The van der Waals surface area contributed by atoms with E-state index in [0.29, 0.717) is 6.04 Å². The van der Waals surface area contributed by atoms with Crippen molar-refractivity contribution < 1.29 is 4.39 Å². The second-order valence-electron chi connectivity index (χ2n) is 4.69. The fourth-order valence-corrected chi connectivity index (χ4v) is 1.95. The molecule has 0 aliphatic heterocycles. The molecule has 0 spiro atoms. The highest BCUT2D eigenvalue weighted by Crippen LogP contribution is 2.15. The van der Waals surface area contributed by atoms with Gasteiger partial charge in [-0.2, -0.15) is 0 Å². The summed E-state index contributed by atoms with van der Waals surface area (Å²) in [7, 11) is 4.10. The summed E-state index contributed by atoms with van der Waals surface area (Å²) in [6.07, 6.45) is 2.21. The van der Waals surface area contributed by atoms with Crippen LogP contribution in [0.15, 0.2) is 18.3 Å². The molecule has 0 saturated heterocycles. The van der Waals surface area contributed by atoms with Crippen molar-refractivity contribution in [1.82, 2.24) is 15.2 Å². The highest BCUT2D eigenvalue weighted by atomic mass is 19.1. The van der Waals surface area contributed by atoms with E-state index in [1.54, 1.807) is 6.07 Å². The molecular formula is C13H22FN3. The molecule has 0 aromatic carbocycles. The first-order valence-corrected chi connectivity index (χ1v) is 6.05. The SMILES string of the molecule is CCC(NC(C)CN(C)C)c1ccc(F)cn1. The minimum absolute atomic E-state index is 0.186. The molecule has 1 aromatic heterocycles. The number of nitrogens with zero attached hydrogens (tertiary/aromatic N) is 2. The fraction of sp³-hybridized carbons (Fsp3) is 0.615. The van der Waals surface area contributed by atoms with Crippen molar-refractivity contribution in [1.29, 1.82) is 0 Å². The third-order valence-corrected chi connectivity index (χ3v) is 2.64. The topological polar surface area (TPSA) is 28.2 Å². The summed E-state index contributed by atoms with van der Waals surface area (Å²) in [5.41, 5.74) is 0.902. The van der Waals surface area contributed by atoms with Crippen LogP contribution in [-0.2, 0) is 0 Å². The van der Waals surface area contributed by atoms with Gasteiger partial charge in [0.2, 0.25) is 0 Å². The predicted octanol–water partition coefficient (Wildman–Crippen LogP) is 2.21. The molecule has 3 nitrogen and oxygen atoms in total. The van der Waals surface area contributed by atoms with Gasteiger partial charge in [0.15, 0.2) is 0 Å². The van der Waals surface area contributed by atoms with E-state index in [1.165, 1.54) is 12.3 Å². The standard InChI is InChI=1S/C13H22FN3/c1-5-12(16-10(2)9-17(3)4)13-7-6-11(14)8-15-13/h6-8,10,12,16H,5,9H2,1-4H3. The Morgan fingerprint density at radius 1 is 1.41 bits per heavy atom. The van der Waals surface area contributed by atoms with Gasteiger partial charge in [-0.25, -0.2) is 4.39 Å². The van der Waals surface area contributed by atoms with E-state index in [-0.39, 0.29) is 11.9 Å². The minimum Gasteiger partial charge on any atom is -0.308 e. The second-order valence-corrected chi connectivity index (χ2v) is 4.69. The van der Waals surface area contributed by atoms with Crippen LogP contribution in [0.25, 0.3) is 0 Å². The second kappa shape index (κ2) is 6.67. The molecule has 0 aliphatic rings. The summed E-state index contributed by atoms with van der Waals surface area (Å²) >= 11 is 0. The lowest BCUT2D eigenvalue weighted by Gasteiger charge is -2.24. The van der Waals surface area contributed by atoms with E-state index >= 15 is 0 Å². The Morgan fingerprint density at radius 3 is 2.59 bits per heavy atom. The Kier molecular flexibility index (Phi) is 5.51. The smallest absolute Gasteiger partial charge is 0.141 e. The van der Waals surface area contributed by atoms with Crippen LogP contribution < -0.4 is 5.32 Å². The first-order valence-electron chi connectivity index (χ1n) is 6.05. The number of halogens is 1. The zero-order valence-corrected chi connectivity index (χ0v) is 11.1. The quantitative estimate of drug-likeness (QED) is 0.825. The first kappa shape index (κ1) is 14.1. The van der Waals surface area contributed by atoms with Crippen LogP contribution in [-0.4, -0.2) is 36.6 Å². The van der Waals surface area contributed by atoms with Crippen molar-refractivity contribution >= 4 is 0 Å². The van der Waals surface area contributed by atoms with Gasteiger partial charge in [-0.3, -0.25) is 4.98 Å². The van der Waals surface area contributed by atoms with Gasteiger partial charge in [0.1, 0.15) is 5.82 Å². The van der Waals surface area contributed by atoms with Crippen molar-refractivity contribution in [2.75, 3.05) is 20.6 Å². The third kappa shape index (κ3) is 4.79. The lowest BCUT2D eigenvalue weighted by molar-refractivity contribution is 0.324. The van der Waals surface area contributed by atoms with E-state index in [0.717, 1.165) is 18.7 Å². The van der Waals surface area contributed by atoms with Gasteiger partial charge in [-0.05, 0) is 39.6 Å². The van der Waals surface area contributed by atoms with Gasteiger partial charge in [-0.1, -0.05) is 6.92 Å². The molecule has 1 rings (SSSR count). The van der Waals surface area contributed by atoms with E-state index < -0.39 is 0 Å². The van der Waals surface area contributed by atoms with Crippen molar-refractivity contribution in [3.8, 4) is 0 Å². The van der Waals surface area contributed by atoms with Gasteiger partial charge in [0, 0.05) is 18.6 Å². The normalized spacial score (nSPS) is 14.9. The molecular weight excluding hydrogens is 217 g/mol. The summed E-state index contributed by atoms with van der Waals surface area (Å²) in [5, 5.41) is 3.51. The molecule has 1 N–H and O–H groups in total. The van der Waals surface area contributed by atoms with Crippen LogP contribution in [0.1, 0.15) is 32.0 Å². The molecule has 0 radical (unpaired) electrons. The molecule has 0 bridgehead atoms. The highest BCUT2D eigenvalue weighted by Gasteiger charge is 2.14. The molecule has 2 atom stereocenters. The molecule has 0 saturated carbocycles. The largest absolute Gasteiger partial charge is 0.308 e. The number of pyridine rings is 1. The number of aromatic nitrogens is 1. The zero-order valence-electron chi connectivity index (χ0n) is 11.1. The number of rotatable bonds is 6. The summed E-state index contributed by atoms with van der Waals surface area (Å²) < 4.78 is 12.8. The van der Waals surface area contributed by atoms with Crippen molar-refractivity contribution in [3.63, 3.8) is 0 Å². The molecule has 17 heavy (non-hydrogen) atoms. The lowest BCUT2D eigenvalue weighted by Crippen LogP contribution is -2.38. The maximum absolute atomic E-state index is 12.8. The summed E-state index contributed by atoms with van der Waals surface area (Å²) in [4.78, 5) is 6.27. The molecule has 0 fully saturated rings. The van der Waals surface area contributed by atoms with Crippen LogP contribution in [0.4, 0.5) is 4.39 Å². The summed E-state index contributed by atoms with van der Waals surface area (Å²) in [6, 6.07) is 3.77. The molecule has 96 valence electrons. The minimum atomic E-state index is -0.287. The predicted molar refractivity (Wildman–Crippen MR) is 68.4 cm³/mol. The Morgan fingerprint density at radius 2 is 2.12 bits per heavy atom. The first-order chi connectivity index (χ1) is 8.02. The van der Waals surface area contributed by atoms with E-state index in [4.69, 9.17) is 0 Å². The number of hydrogen-bond acceptors (Lipinski definition) is 3. The van der Waals surface area contributed by atoms with Crippen LogP contribution in [0.5, 0.6) is 0 Å². The Bertz CT molecular complexity index is 324. The summed E-state index contributed by atoms with van der Waals surface area (Å²) in [5.74, 6) is -0.287. The van der Waals surface area contributed by atoms with Gasteiger partial charge >= 0.3 is 0 Å². The Hall–Kier alpha value is -1.00. The Labute approximate surface area is 103 Å². The van der Waals surface area contributed by atoms with Crippen LogP contribution in [0.3, 0.4) is 0 Å². The molecule has 4 heteroatoms. The molecule has 0 amide bonds. The van der Waals surface area contributed by atoms with Gasteiger partial charge in [0.05, 0.1) is 11.9 Å². The average molecular weight is 239 g/mol.